The molecule has 1 aromatic rings. The van der Waals surface area contributed by atoms with Gasteiger partial charge in [0.05, 0.1) is 22.4 Å². The first-order valence-electron chi connectivity index (χ1n) is 9.06. The molecule has 3 unspecified atom stereocenters. The quantitative estimate of drug-likeness (QED) is 0.479. The van der Waals surface area contributed by atoms with E-state index in [1.54, 1.807) is 13.0 Å². The van der Waals surface area contributed by atoms with Crippen molar-refractivity contribution in [2.75, 3.05) is 33.9 Å². The zero-order chi connectivity index (χ0) is 21.1. The van der Waals surface area contributed by atoms with Crippen LogP contribution in [0.2, 0.25) is 0 Å². The number of hydrogen-bond donors (Lipinski definition) is 2. The number of rotatable bonds is 11. The maximum absolute atomic E-state index is 12.1. The van der Waals surface area contributed by atoms with Gasteiger partial charge >= 0.3 is 11.7 Å². The highest BCUT2D eigenvalue weighted by Crippen LogP contribution is 2.11. The van der Waals surface area contributed by atoms with Crippen LogP contribution in [0.5, 0.6) is 0 Å². The van der Waals surface area contributed by atoms with E-state index in [0.29, 0.717) is 5.69 Å². The van der Waals surface area contributed by atoms with E-state index in [2.05, 4.69) is 10.3 Å². The molecule has 26 heavy (non-hydrogen) atoms. The fourth-order valence-electron chi connectivity index (χ4n) is 1.94. The maximum atomic E-state index is 12.1. The Hall–Kier alpha value is -2.30. The number of aliphatic hydroxyl groups is 1. The minimum atomic E-state index is -1.57. The predicted molar refractivity (Wildman–Crippen MR) is 90.4 cm³/mol. The number of carbonyl (C=O) groups is 2. The van der Waals surface area contributed by atoms with Gasteiger partial charge in [0, 0.05) is 32.4 Å². The lowest BCUT2D eigenvalue weighted by Crippen LogP contribution is -2.36. The molecule has 0 aliphatic carbocycles. The second-order valence-electron chi connectivity index (χ2n) is 5.34. The number of esters is 1. The van der Waals surface area contributed by atoms with Crippen molar-refractivity contribution in [3.05, 3.63) is 28.4 Å². The van der Waals surface area contributed by atoms with Crippen LogP contribution in [0.1, 0.15) is 27.5 Å². The summed E-state index contributed by atoms with van der Waals surface area (Å²) in [6, 6.07) is 1.55. The minimum Gasteiger partial charge on any atom is -0.461 e. The monoisotopic (exact) mass is 374 g/mol. The molecule has 0 fully saturated rings. The zero-order valence-electron chi connectivity index (χ0n) is 16.7. The van der Waals surface area contributed by atoms with Crippen LogP contribution in [0.25, 0.3) is 0 Å². The molecule has 0 aliphatic heterocycles. The number of carbonyl (C=O) groups excluding carboxylic acids is 2. The molecule has 3 atom stereocenters. The van der Waals surface area contributed by atoms with E-state index in [1.807, 2.05) is 0 Å². The lowest BCUT2D eigenvalue weighted by atomic mass is 10.3. The number of aliphatic hydroxyl groups excluding tert-OH is 1. The summed E-state index contributed by atoms with van der Waals surface area (Å²) in [5.74, 6) is -0.985. The maximum Gasteiger partial charge on any atom is 0.350 e. The molecule has 146 valence electrons. The zero-order valence-corrected chi connectivity index (χ0v) is 14.7. The molecule has 1 heterocycles. The van der Waals surface area contributed by atoms with E-state index in [0.717, 1.165) is 4.57 Å². The number of hydrogen-bond acceptors (Lipinski definition) is 8. The van der Waals surface area contributed by atoms with Crippen LogP contribution in [0, 0.1) is 6.92 Å². The number of ether oxygens (including phenoxy) is 3. The average Bonchev–Trinajstić information content (AvgIpc) is 2.65. The second-order valence-corrected chi connectivity index (χ2v) is 5.34. The van der Waals surface area contributed by atoms with E-state index in [1.165, 1.54) is 13.2 Å². The molecule has 1 rings (SSSR count). The van der Waals surface area contributed by atoms with Crippen molar-refractivity contribution in [3.63, 3.8) is 0 Å². The summed E-state index contributed by atoms with van der Waals surface area (Å²) in [6.45, 7) is 0.470. The van der Waals surface area contributed by atoms with Crippen LogP contribution in [0.3, 0.4) is 0 Å². The molecule has 2 N–H and O–H groups in total. The van der Waals surface area contributed by atoms with Crippen molar-refractivity contribution in [1.82, 2.24) is 14.9 Å². The van der Waals surface area contributed by atoms with E-state index >= 15 is 0 Å². The van der Waals surface area contributed by atoms with E-state index in [-0.39, 0.29) is 32.0 Å². The highest BCUT2D eigenvalue weighted by Gasteiger charge is 2.21. The topological polar surface area (TPSA) is 129 Å². The third-order valence-electron chi connectivity index (χ3n) is 3.34. The van der Waals surface area contributed by atoms with Crippen molar-refractivity contribution in [3.8, 4) is 0 Å². The summed E-state index contributed by atoms with van der Waals surface area (Å²) in [7, 11) is -0.119. The summed E-state index contributed by atoms with van der Waals surface area (Å²) >= 11 is 0. The van der Waals surface area contributed by atoms with Crippen LogP contribution in [-0.4, -0.2) is 66.6 Å². The molecule has 10 heteroatoms. The molecule has 0 bridgehead atoms. The van der Waals surface area contributed by atoms with Gasteiger partial charge in [-0.05, 0) is 13.0 Å². The second kappa shape index (κ2) is 11.3. The van der Waals surface area contributed by atoms with Gasteiger partial charge in [-0.2, -0.15) is 4.98 Å². The number of aryl methyl sites for hydroxylation is 1. The average molecular weight is 374 g/mol. The molecule has 0 aromatic carbocycles. The van der Waals surface area contributed by atoms with Gasteiger partial charge in [0.25, 0.3) is 0 Å². The Morgan fingerprint density at radius 2 is 2.27 bits per heavy atom. The number of nitrogens with zero attached hydrogens (tertiary/aromatic N) is 2. The van der Waals surface area contributed by atoms with Gasteiger partial charge in [0.2, 0.25) is 5.91 Å². The Morgan fingerprint density at radius 3 is 2.88 bits per heavy atom. The van der Waals surface area contributed by atoms with Crippen molar-refractivity contribution < 1.29 is 31.6 Å². The van der Waals surface area contributed by atoms with Crippen LogP contribution in [-0.2, 0) is 23.8 Å². The summed E-state index contributed by atoms with van der Waals surface area (Å²) in [4.78, 5) is 38.9. The van der Waals surface area contributed by atoms with Crippen molar-refractivity contribution in [1.29, 1.82) is 0 Å². The normalized spacial score (nSPS) is 15.3. The molecule has 1 aromatic heterocycles. The fourth-order valence-corrected chi connectivity index (χ4v) is 1.94. The first kappa shape index (κ1) is 18.5. The SMILES string of the molecule is [2H]C([3H])OCC(CO)OC(COC(=O)CCC(=O)NC)n1ccc(C)nc1=O. The highest BCUT2D eigenvalue weighted by atomic mass is 16.6. The van der Waals surface area contributed by atoms with Gasteiger partial charge in [-0.15, -0.1) is 0 Å². The molecule has 0 radical (unpaired) electrons. The van der Waals surface area contributed by atoms with Crippen LogP contribution in [0.15, 0.2) is 17.1 Å². The summed E-state index contributed by atoms with van der Waals surface area (Å²) < 4.78 is 30.6. The highest BCUT2D eigenvalue weighted by molar-refractivity contribution is 5.80. The van der Waals surface area contributed by atoms with Gasteiger partial charge in [-0.25, -0.2) is 4.79 Å². The molecule has 0 spiro atoms. The smallest absolute Gasteiger partial charge is 0.350 e. The van der Waals surface area contributed by atoms with Crippen LogP contribution >= 0.6 is 0 Å². The number of aromatic nitrogens is 2. The Morgan fingerprint density at radius 1 is 1.50 bits per heavy atom. The number of methoxy groups -OCH3 is 1. The first-order chi connectivity index (χ1) is 13.3. The van der Waals surface area contributed by atoms with Gasteiger partial charge in [0.15, 0.2) is 6.23 Å². The molecule has 0 saturated heterocycles. The summed E-state index contributed by atoms with van der Waals surface area (Å²) in [6.07, 6.45) is -0.893. The third kappa shape index (κ3) is 7.30. The fraction of sp³-hybridized carbons (Fsp3) is 0.625. The first-order valence-corrected chi connectivity index (χ1v) is 7.91. The van der Waals surface area contributed by atoms with E-state index in [4.69, 9.17) is 17.0 Å². The minimum absolute atomic E-state index is 0.0472. The molecule has 10 nitrogen and oxygen atoms in total. The van der Waals surface area contributed by atoms with Gasteiger partial charge in [-0.3, -0.25) is 14.2 Å². The lowest BCUT2D eigenvalue weighted by Gasteiger charge is -2.24. The Balaban J connectivity index is 2.84. The van der Waals surface area contributed by atoms with Gasteiger partial charge in [0.1, 0.15) is 12.7 Å². The Labute approximate surface area is 153 Å². The van der Waals surface area contributed by atoms with Gasteiger partial charge in [-0.1, -0.05) is 0 Å². The van der Waals surface area contributed by atoms with Crippen LogP contribution < -0.4 is 11.0 Å². The number of amides is 1. The van der Waals surface area contributed by atoms with E-state index < -0.39 is 37.7 Å². The van der Waals surface area contributed by atoms with Crippen molar-refractivity contribution >= 4 is 11.9 Å². The Bertz CT molecular complexity index is 699. The Kier molecular flexibility index (Phi) is 8.07. The lowest BCUT2D eigenvalue weighted by molar-refractivity contribution is -0.160. The van der Waals surface area contributed by atoms with Crippen molar-refractivity contribution in [2.24, 2.45) is 0 Å². The molecule has 0 aliphatic rings. The predicted octanol–water partition coefficient (Wildman–Crippen LogP) is -0.856. The van der Waals surface area contributed by atoms with Crippen LogP contribution in [0.4, 0.5) is 0 Å². The van der Waals surface area contributed by atoms with E-state index in [9.17, 15) is 19.5 Å². The molecule has 0 saturated carbocycles. The molecular weight excluding hydrogens is 346 g/mol. The van der Waals surface area contributed by atoms with Crippen molar-refractivity contribution in [2.45, 2.75) is 32.1 Å². The molecule has 1 amide bonds. The molecular formula is C16H25N3O7. The largest absolute Gasteiger partial charge is 0.461 e. The number of nitrogens with one attached hydrogen (secondary N) is 1. The summed E-state index contributed by atoms with van der Waals surface area (Å²) in [5.41, 5.74) is -0.168. The third-order valence-corrected chi connectivity index (χ3v) is 3.34. The standard InChI is InChI=1S/C16H25N3O7/c1-11-6-7-19(16(23)18-11)14(26-12(8-20)9-24-3)10-25-15(22)5-4-13(21)17-2/h6-7,12,14,20H,4-5,8-10H2,1-3H3,(H,17,21)/i3TD. The van der Waals surface area contributed by atoms with Gasteiger partial charge < -0.3 is 24.6 Å². The summed E-state index contributed by atoms with van der Waals surface area (Å²) in [5, 5.41) is 11.8.